The Bertz CT molecular complexity index is 1590. The summed E-state index contributed by atoms with van der Waals surface area (Å²) in [6, 6.07) is 24.7. The van der Waals surface area contributed by atoms with Gasteiger partial charge in [-0.1, -0.05) is 54.6 Å². The zero-order valence-electron chi connectivity index (χ0n) is 24.7. The van der Waals surface area contributed by atoms with Crippen LogP contribution in [0.1, 0.15) is 28.5 Å². The van der Waals surface area contributed by atoms with E-state index in [0.29, 0.717) is 11.5 Å². The van der Waals surface area contributed by atoms with E-state index in [1.807, 2.05) is 78.9 Å². The highest BCUT2D eigenvalue weighted by Gasteiger charge is 2.48. The molecule has 232 valence electrons. The Kier molecular flexibility index (Phi) is 9.62. The molecule has 3 aromatic carbocycles. The highest BCUT2D eigenvalue weighted by molar-refractivity contribution is 5.49. The second kappa shape index (κ2) is 13.6. The molecule has 5 rings (SSSR count). The second-order valence-corrected chi connectivity index (χ2v) is 10.4. The summed E-state index contributed by atoms with van der Waals surface area (Å²) in [6.07, 6.45) is -2.97. The van der Waals surface area contributed by atoms with Crippen LogP contribution >= 0.6 is 0 Å². The van der Waals surface area contributed by atoms with E-state index in [1.54, 1.807) is 21.1 Å². The van der Waals surface area contributed by atoms with Crippen LogP contribution in [-0.4, -0.2) is 72.1 Å². The van der Waals surface area contributed by atoms with Crippen molar-refractivity contribution in [3.05, 3.63) is 128 Å². The molecule has 0 amide bonds. The monoisotopic (exact) mass is 604 g/mol. The number of benzene rings is 3. The Balaban J connectivity index is 1.57. The van der Waals surface area contributed by atoms with Gasteiger partial charge in [-0.3, -0.25) is 14.3 Å². The molecule has 1 aliphatic heterocycles. The number of hydrogen-bond acceptors (Lipinski definition) is 9. The van der Waals surface area contributed by atoms with E-state index in [1.165, 1.54) is 10.8 Å². The predicted molar refractivity (Wildman–Crippen MR) is 161 cm³/mol. The molecule has 0 radical (unpaired) electrons. The largest absolute Gasteiger partial charge is 0.497 e. The molecule has 0 bridgehead atoms. The van der Waals surface area contributed by atoms with E-state index in [2.05, 4.69) is 4.98 Å². The fourth-order valence-corrected chi connectivity index (χ4v) is 5.51. The minimum Gasteiger partial charge on any atom is -0.497 e. The van der Waals surface area contributed by atoms with Crippen LogP contribution in [0.2, 0.25) is 0 Å². The molecular formula is C33H36N2O9. The Morgan fingerprint density at radius 2 is 1.45 bits per heavy atom. The number of rotatable bonds is 12. The first-order chi connectivity index (χ1) is 21.3. The lowest BCUT2D eigenvalue weighted by atomic mass is 9.80. The third-order valence-corrected chi connectivity index (χ3v) is 7.77. The lowest BCUT2D eigenvalue weighted by Gasteiger charge is -2.37. The quantitative estimate of drug-likeness (QED) is 0.208. The molecule has 1 saturated heterocycles. The van der Waals surface area contributed by atoms with Gasteiger partial charge in [0.05, 0.1) is 34.0 Å². The number of aromatic amines is 1. The van der Waals surface area contributed by atoms with Gasteiger partial charge in [-0.15, -0.1) is 0 Å². The summed E-state index contributed by atoms with van der Waals surface area (Å²) < 4.78 is 30.9. The van der Waals surface area contributed by atoms with Crippen LogP contribution in [0.15, 0.2) is 94.6 Å². The van der Waals surface area contributed by atoms with E-state index in [0.717, 1.165) is 16.7 Å². The number of nitrogens with zero attached hydrogens (tertiary/aromatic N) is 1. The first kappa shape index (κ1) is 31.2. The minimum absolute atomic E-state index is 0.0993. The van der Waals surface area contributed by atoms with Gasteiger partial charge in [-0.25, -0.2) is 4.79 Å². The molecule has 4 atom stereocenters. The van der Waals surface area contributed by atoms with Gasteiger partial charge in [0, 0.05) is 11.8 Å². The number of aliphatic hydroxyl groups is 2. The summed E-state index contributed by atoms with van der Waals surface area (Å²) in [7, 11) is 3.19. The van der Waals surface area contributed by atoms with Crippen LogP contribution < -0.4 is 20.7 Å². The molecule has 1 aromatic heterocycles. The van der Waals surface area contributed by atoms with Crippen LogP contribution in [0.25, 0.3) is 0 Å². The number of ether oxygens (including phenoxy) is 5. The molecule has 4 aromatic rings. The number of aryl methyl sites for hydroxylation is 1. The molecule has 1 aliphatic rings. The summed E-state index contributed by atoms with van der Waals surface area (Å²) >= 11 is 0. The van der Waals surface area contributed by atoms with Gasteiger partial charge in [-0.2, -0.15) is 0 Å². The Morgan fingerprint density at radius 1 is 0.886 bits per heavy atom. The standard InChI is InChI=1S/C33H36N2O9/c1-21-19-35(32(39)34-30(21)38)31-29(42-18-17-36)28(37)27(44-31)20-43-33(22-7-5-4-6-8-22,23-9-13-25(40-2)14-10-23)24-11-15-26(41-3)16-12-24/h4-16,19,27-29,31,36-37H,17-18,20H2,1-3H3,(H,34,38,39)/t27-,28-,29-,31-/m1/s1. The number of H-pyrrole nitrogens is 1. The number of hydrogen-bond donors (Lipinski definition) is 3. The van der Waals surface area contributed by atoms with Crippen LogP contribution in [0.3, 0.4) is 0 Å². The van der Waals surface area contributed by atoms with Crippen molar-refractivity contribution in [1.82, 2.24) is 9.55 Å². The molecule has 3 N–H and O–H groups in total. The SMILES string of the molecule is COc1ccc(C(OC[C@H]2O[C@@H](n3cc(C)c(=O)[nH]c3=O)[C@H](OCCO)[C@@H]2O)(c2ccccc2)c2ccc(OC)cc2)cc1. The van der Waals surface area contributed by atoms with Gasteiger partial charge < -0.3 is 33.9 Å². The van der Waals surface area contributed by atoms with Crippen molar-refractivity contribution in [1.29, 1.82) is 0 Å². The average Bonchev–Trinajstić information content (AvgIpc) is 3.37. The number of methoxy groups -OCH3 is 2. The van der Waals surface area contributed by atoms with Crippen molar-refractivity contribution in [3.8, 4) is 11.5 Å². The lowest BCUT2D eigenvalue weighted by Crippen LogP contribution is -2.41. The van der Waals surface area contributed by atoms with Crippen molar-refractivity contribution in [2.45, 2.75) is 37.1 Å². The van der Waals surface area contributed by atoms with Crippen molar-refractivity contribution in [3.63, 3.8) is 0 Å². The maximum atomic E-state index is 12.8. The average molecular weight is 605 g/mol. The highest BCUT2D eigenvalue weighted by Crippen LogP contribution is 2.43. The number of aromatic nitrogens is 2. The highest BCUT2D eigenvalue weighted by atomic mass is 16.6. The van der Waals surface area contributed by atoms with Crippen molar-refractivity contribution >= 4 is 0 Å². The zero-order chi connectivity index (χ0) is 31.3. The van der Waals surface area contributed by atoms with Gasteiger partial charge in [0.25, 0.3) is 5.56 Å². The van der Waals surface area contributed by atoms with E-state index < -0.39 is 41.4 Å². The summed E-state index contributed by atoms with van der Waals surface area (Å²) in [5.41, 5.74) is 0.272. The maximum Gasteiger partial charge on any atom is 0.330 e. The molecule has 0 saturated carbocycles. The molecular weight excluding hydrogens is 568 g/mol. The van der Waals surface area contributed by atoms with E-state index in [9.17, 15) is 19.8 Å². The fraction of sp³-hybridized carbons (Fsp3) is 0.333. The summed E-state index contributed by atoms with van der Waals surface area (Å²) in [5.74, 6) is 1.35. The molecule has 0 spiro atoms. The van der Waals surface area contributed by atoms with Crippen LogP contribution in [0.4, 0.5) is 0 Å². The first-order valence-corrected chi connectivity index (χ1v) is 14.2. The van der Waals surface area contributed by atoms with Gasteiger partial charge in [0.1, 0.15) is 35.4 Å². The lowest BCUT2D eigenvalue weighted by molar-refractivity contribution is -0.0990. The smallest absolute Gasteiger partial charge is 0.330 e. The normalized spacial score (nSPS) is 20.0. The molecule has 44 heavy (non-hydrogen) atoms. The Hall–Kier alpha value is -4.26. The minimum atomic E-state index is -1.24. The van der Waals surface area contributed by atoms with Gasteiger partial charge >= 0.3 is 5.69 Å². The zero-order valence-corrected chi connectivity index (χ0v) is 24.7. The summed E-state index contributed by atoms with van der Waals surface area (Å²) in [4.78, 5) is 27.1. The molecule has 0 unspecified atom stereocenters. The molecule has 2 heterocycles. The molecule has 0 aliphatic carbocycles. The van der Waals surface area contributed by atoms with E-state index in [-0.39, 0.29) is 25.4 Å². The molecule has 1 fully saturated rings. The summed E-state index contributed by atoms with van der Waals surface area (Å²) in [5, 5.41) is 20.9. The van der Waals surface area contributed by atoms with E-state index >= 15 is 0 Å². The number of aliphatic hydroxyl groups excluding tert-OH is 2. The second-order valence-electron chi connectivity index (χ2n) is 10.4. The fourth-order valence-electron chi connectivity index (χ4n) is 5.51. The third kappa shape index (κ3) is 6.05. The van der Waals surface area contributed by atoms with Gasteiger partial charge in [-0.05, 0) is 47.9 Å². The predicted octanol–water partition coefficient (Wildman–Crippen LogP) is 2.51. The first-order valence-electron chi connectivity index (χ1n) is 14.2. The summed E-state index contributed by atoms with van der Waals surface area (Å²) in [6.45, 7) is 1.03. The maximum absolute atomic E-state index is 12.8. The van der Waals surface area contributed by atoms with Crippen LogP contribution in [-0.2, 0) is 19.8 Å². The van der Waals surface area contributed by atoms with Gasteiger partial charge in [0.15, 0.2) is 6.23 Å². The van der Waals surface area contributed by atoms with Crippen molar-refractivity contribution in [2.24, 2.45) is 0 Å². The third-order valence-electron chi connectivity index (χ3n) is 7.77. The number of nitrogens with one attached hydrogen (secondary N) is 1. The van der Waals surface area contributed by atoms with Crippen molar-refractivity contribution < 1.29 is 33.9 Å². The molecule has 11 nitrogen and oxygen atoms in total. The Morgan fingerprint density at radius 3 is 2.00 bits per heavy atom. The molecule has 11 heteroatoms. The van der Waals surface area contributed by atoms with Crippen LogP contribution in [0, 0.1) is 6.92 Å². The Labute approximate surface area is 254 Å². The van der Waals surface area contributed by atoms with Crippen molar-refractivity contribution in [2.75, 3.05) is 34.0 Å². The van der Waals surface area contributed by atoms with Crippen LogP contribution in [0.5, 0.6) is 11.5 Å². The van der Waals surface area contributed by atoms with Gasteiger partial charge in [0.2, 0.25) is 0 Å². The topological polar surface area (TPSA) is 141 Å². The van der Waals surface area contributed by atoms with E-state index in [4.69, 9.17) is 23.7 Å².